The molecule has 0 radical (unpaired) electrons. The summed E-state index contributed by atoms with van der Waals surface area (Å²) in [6.07, 6.45) is 3.64. The number of methoxy groups -OCH3 is 1. The Morgan fingerprint density at radius 3 is 2.83 bits per heavy atom. The van der Waals surface area contributed by atoms with Gasteiger partial charge < -0.3 is 15.0 Å². The largest absolute Gasteiger partial charge is 0.465 e. The zero-order valence-electron chi connectivity index (χ0n) is 12.6. The minimum Gasteiger partial charge on any atom is -0.465 e. The molecule has 0 aromatic carbocycles. The molecule has 1 amide bonds. The Morgan fingerprint density at radius 1 is 1.30 bits per heavy atom. The molecular weight excluding hydrogens is 316 g/mol. The number of thiophene rings is 1. The van der Waals surface area contributed by atoms with Gasteiger partial charge in [-0.3, -0.25) is 4.79 Å². The topological polar surface area (TPSA) is 84.4 Å². The van der Waals surface area contributed by atoms with Crippen molar-refractivity contribution in [2.75, 3.05) is 30.4 Å². The molecule has 7 nitrogen and oxygen atoms in total. The summed E-state index contributed by atoms with van der Waals surface area (Å²) in [6, 6.07) is 3.34. The predicted octanol–water partition coefficient (Wildman–Crippen LogP) is 2.18. The van der Waals surface area contributed by atoms with Crippen LogP contribution in [0.2, 0.25) is 0 Å². The molecule has 0 bridgehead atoms. The van der Waals surface area contributed by atoms with Gasteiger partial charge in [0.25, 0.3) is 5.91 Å². The highest BCUT2D eigenvalue weighted by atomic mass is 32.1. The highest BCUT2D eigenvalue weighted by Gasteiger charge is 2.19. The van der Waals surface area contributed by atoms with Crippen molar-refractivity contribution in [1.82, 2.24) is 9.97 Å². The van der Waals surface area contributed by atoms with Crippen molar-refractivity contribution in [2.45, 2.75) is 12.8 Å². The molecule has 2 aromatic rings. The van der Waals surface area contributed by atoms with Crippen molar-refractivity contribution in [3.8, 4) is 0 Å². The number of carbonyl (C=O) groups is 2. The number of ether oxygens (including phenoxy) is 1. The number of anilines is 2. The maximum atomic E-state index is 12.4. The van der Waals surface area contributed by atoms with E-state index in [1.54, 1.807) is 17.5 Å². The standard InChI is InChI=1S/C15H16N4O3S/c1-22-15(21)13-10(4-7-23-13)18-14(20)11-8-12(17-9-16-11)19-5-2-3-6-19/h4,7-9H,2-3,5-6H2,1H3,(H,18,20). The number of hydrogen-bond donors (Lipinski definition) is 1. The van der Waals surface area contributed by atoms with Gasteiger partial charge in [0.15, 0.2) is 0 Å². The molecule has 0 unspecified atom stereocenters. The van der Waals surface area contributed by atoms with Gasteiger partial charge in [0.1, 0.15) is 22.7 Å². The summed E-state index contributed by atoms with van der Waals surface area (Å²) < 4.78 is 4.70. The van der Waals surface area contributed by atoms with Crippen LogP contribution in [0.4, 0.5) is 11.5 Å². The Balaban J connectivity index is 1.77. The van der Waals surface area contributed by atoms with Gasteiger partial charge in [0, 0.05) is 19.2 Å². The number of nitrogens with one attached hydrogen (secondary N) is 1. The summed E-state index contributed by atoms with van der Waals surface area (Å²) in [7, 11) is 1.31. The Morgan fingerprint density at radius 2 is 2.09 bits per heavy atom. The van der Waals surface area contributed by atoms with Crippen molar-refractivity contribution in [3.05, 3.63) is 34.4 Å². The number of carbonyl (C=O) groups excluding carboxylic acids is 2. The van der Waals surface area contributed by atoms with Crippen molar-refractivity contribution in [1.29, 1.82) is 0 Å². The lowest BCUT2D eigenvalue weighted by Crippen LogP contribution is -2.21. The summed E-state index contributed by atoms with van der Waals surface area (Å²) in [4.78, 5) is 34.8. The van der Waals surface area contributed by atoms with E-state index in [2.05, 4.69) is 20.2 Å². The second kappa shape index (κ2) is 6.74. The van der Waals surface area contributed by atoms with Gasteiger partial charge in [0.2, 0.25) is 0 Å². The van der Waals surface area contributed by atoms with Crippen LogP contribution in [0.15, 0.2) is 23.8 Å². The molecule has 23 heavy (non-hydrogen) atoms. The van der Waals surface area contributed by atoms with Gasteiger partial charge >= 0.3 is 5.97 Å². The fraction of sp³-hybridized carbons (Fsp3) is 0.333. The molecule has 1 aliphatic rings. The summed E-state index contributed by atoms with van der Waals surface area (Å²) in [5.74, 6) is -0.103. The summed E-state index contributed by atoms with van der Waals surface area (Å²) >= 11 is 1.21. The predicted molar refractivity (Wildman–Crippen MR) is 87.1 cm³/mol. The van der Waals surface area contributed by atoms with Crippen LogP contribution in [0, 0.1) is 0 Å². The normalized spacial score (nSPS) is 13.9. The fourth-order valence-electron chi connectivity index (χ4n) is 2.44. The molecule has 1 saturated heterocycles. The Bertz CT molecular complexity index is 725. The first-order valence-electron chi connectivity index (χ1n) is 7.23. The van der Waals surface area contributed by atoms with E-state index >= 15 is 0 Å². The Hall–Kier alpha value is -2.48. The van der Waals surface area contributed by atoms with E-state index in [0.29, 0.717) is 10.6 Å². The molecule has 0 atom stereocenters. The summed E-state index contributed by atoms with van der Waals surface area (Å²) in [5.41, 5.74) is 0.692. The highest BCUT2D eigenvalue weighted by molar-refractivity contribution is 7.12. The van der Waals surface area contributed by atoms with Crippen LogP contribution in [0.5, 0.6) is 0 Å². The second-order valence-electron chi connectivity index (χ2n) is 5.06. The molecule has 0 aliphatic carbocycles. The molecule has 3 rings (SSSR count). The van der Waals surface area contributed by atoms with E-state index in [1.165, 1.54) is 24.8 Å². The highest BCUT2D eigenvalue weighted by Crippen LogP contribution is 2.24. The average Bonchev–Trinajstić information content (AvgIpc) is 3.26. The molecule has 1 N–H and O–H groups in total. The van der Waals surface area contributed by atoms with E-state index in [-0.39, 0.29) is 11.6 Å². The number of esters is 1. The van der Waals surface area contributed by atoms with Crippen LogP contribution >= 0.6 is 11.3 Å². The van der Waals surface area contributed by atoms with Crippen molar-refractivity contribution >= 4 is 34.7 Å². The van der Waals surface area contributed by atoms with Crippen molar-refractivity contribution in [3.63, 3.8) is 0 Å². The lowest BCUT2D eigenvalue weighted by Gasteiger charge is -2.16. The van der Waals surface area contributed by atoms with Crippen LogP contribution in [0.25, 0.3) is 0 Å². The molecule has 1 fully saturated rings. The van der Waals surface area contributed by atoms with E-state index < -0.39 is 5.97 Å². The molecule has 1 aliphatic heterocycles. The van der Waals surface area contributed by atoms with Crippen LogP contribution in [-0.2, 0) is 4.74 Å². The molecule has 0 spiro atoms. The smallest absolute Gasteiger partial charge is 0.350 e. The zero-order chi connectivity index (χ0) is 16.2. The monoisotopic (exact) mass is 332 g/mol. The van der Waals surface area contributed by atoms with E-state index in [1.807, 2.05) is 0 Å². The van der Waals surface area contributed by atoms with Gasteiger partial charge in [-0.25, -0.2) is 14.8 Å². The molecule has 2 aromatic heterocycles. The maximum absolute atomic E-state index is 12.4. The van der Waals surface area contributed by atoms with Crippen LogP contribution < -0.4 is 10.2 Å². The zero-order valence-corrected chi connectivity index (χ0v) is 13.4. The van der Waals surface area contributed by atoms with Crippen LogP contribution in [0.1, 0.15) is 33.0 Å². The van der Waals surface area contributed by atoms with Crippen LogP contribution in [-0.4, -0.2) is 42.0 Å². The van der Waals surface area contributed by atoms with E-state index in [0.717, 1.165) is 31.7 Å². The lowest BCUT2D eigenvalue weighted by atomic mass is 10.3. The van der Waals surface area contributed by atoms with Crippen molar-refractivity contribution in [2.24, 2.45) is 0 Å². The quantitative estimate of drug-likeness (QED) is 0.864. The summed E-state index contributed by atoms with van der Waals surface area (Å²) in [5, 5.41) is 4.42. The number of amides is 1. The molecular formula is C15H16N4O3S. The minimum atomic E-state index is -0.476. The fourth-order valence-corrected chi connectivity index (χ4v) is 3.20. The number of hydrogen-bond acceptors (Lipinski definition) is 7. The third-order valence-electron chi connectivity index (χ3n) is 3.60. The van der Waals surface area contributed by atoms with E-state index in [4.69, 9.17) is 4.74 Å². The Kier molecular flexibility index (Phi) is 4.52. The molecule has 120 valence electrons. The number of nitrogens with zero attached hydrogens (tertiary/aromatic N) is 3. The first-order chi connectivity index (χ1) is 11.2. The molecule has 0 saturated carbocycles. The van der Waals surface area contributed by atoms with Gasteiger partial charge in [0.05, 0.1) is 12.8 Å². The third-order valence-corrected chi connectivity index (χ3v) is 4.49. The van der Waals surface area contributed by atoms with E-state index in [9.17, 15) is 9.59 Å². The van der Waals surface area contributed by atoms with Gasteiger partial charge in [-0.2, -0.15) is 0 Å². The van der Waals surface area contributed by atoms with Crippen LogP contribution in [0.3, 0.4) is 0 Å². The first kappa shape index (κ1) is 15.4. The van der Waals surface area contributed by atoms with Gasteiger partial charge in [-0.05, 0) is 24.3 Å². The third kappa shape index (κ3) is 3.31. The second-order valence-corrected chi connectivity index (χ2v) is 5.98. The Labute approximate surface area is 137 Å². The number of aromatic nitrogens is 2. The maximum Gasteiger partial charge on any atom is 0.350 e. The SMILES string of the molecule is COC(=O)c1sccc1NC(=O)c1cc(N2CCCC2)ncn1. The van der Waals surface area contributed by atoms with Crippen molar-refractivity contribution < 1.29 is 14.3 Å². The lowest BCUT2D eigenvalue weighted by molar-refractivity contribution is 0.0607. The van der Waals surface area contributed by atoms with Gasteiger partial charge in [-0.1, -0.05) is 0 Å². The number of rotatable bonds is 4. The first-order valence-corrected chi connectivity index (χ1v) is 8.11. The minimum absolute atomic E-state index is 0.268. The molecule has 3 heterocycles. The average molecular weight is 332 g/mol. The van der Waals surface area contributed by atoms with Gasteiger partial charge in [-0.15, -0.1) is 11.3 Å². The summed E-state index contributed by atoms with van der Waals surface area (Å²) in [6.45, 7) is 1.88. The molecule has 8 heteroatoms.